The molecule has 0 fully saturated rings. The van der Waals surface area contributed by atoms with E-state index >= 15 is 0 Å². The van der Waals surface area contributed by atoms with Gasteiger partial charge < -0.3 is 9.47 Å². The Labute approximate surface area is 165 Å². The number of carbonyl (C=O) groups is 1. The van der Waals surface area contributed by atoms with Crippen LogP contribution in [0.15, 0.2) is 52.7 Å². The molecule has 144 valence electrons. The number of aromatic nitrogens is 1. The predicted molar refractivity (Wildman–Crippen MR) is 106 cm³/mol. The first-order valence-electron chi connectivity index (χ1n) is 8.37. The number of benzene rings is 2. The van der Waals surface area contributed by atoms with Crippen LogP contribution in [0.25, 0.3) is 11.3 Å². The van der Waals surface area contributed by atoms with Crippen LogP contribution in [-0.4, -0.2) is 38.8 Å². The van der Waals surface area contributed by atoms with Gasteiger partial charge in [0.2, 0.25) is 0 Å². The number of nitrogens with zero attached hydrogens (tertiary/aromatic N) is 1. The lowest BCUT2D eigenvalue weighted by Gasteiger charge is -2.18. The number of carbonyl (C=O) groups excluding carboxylic acids is 1. The van der Waals surface area contributed by atoms with E-state index in [2.05, 4.69) is 10.3 Å². The average molecular weight is 416 g/mol. The van der Waals surface area contributed by atoms with Gasteiger partial charge >= 0.3 is 0 Å². The van der Waals surface area contributed by atoms with E-state index in [4.69, 9.17) is 9.47 Å². The van der Waals surface area contributed by atoms with E-state index in [0.717, 1.165) is 11.8 Å². The van der Waals surface area contributed by atoms with E-state index in [-0.39, 0.29) is 10.5 Å². The molecule has 0 saturated heterocycles. The van der Waals surface area contributed by atoms with Gasteiger partial charge in [-0.2, -0.15) is 0 Å². The van der Waals surface area contributed by atoms with E-state index in [1.165, 1.54) is 29.5 Å². The summed E-state index contributed by atoms with van der Waals surface area (Å²) in [6.07, 6.45) is 1.10. The van der Waals surface area contributed by atoms with E-state index in [1.807, 2.05) is 23.6 Å². The lowest BCUT2D eigenvalue weighted by molar-refractivity contribution is 0.102. The summed E-state index contributed by atoms with van der Waals surface area (Å²) in [4.78, 5) is 17.0. The first kappa shape index (κ1) is 18.5. The largest absolute Gasteiger partial charge is 0.486 e. The Morgan fingerprint density at radius 1 is 1.11 bits per heavy atom. The molecule has 0 saturated carbocycles. The van der Waals surface area contributed by atoms with Gasteiger partial charge in [0, 0.05) is 22.8 Å². The molecule has 1 N–H and O–H groups in total. The fourth-order valence-corrected chi connectivity index (χ4v) is 4.09. The third-order valence-electron chi connectivity index (χ3n) is 4.09. The summed E-state index contributed by atoms with van der Waals surface area (Å²) in [6.45, 7) is 1.03. The summed E-state index contributed by atoms with van der Waals surface area (Å²) in [6, 6.07) is 11.5. The highest BCUT2D eigenvalue weighted by molar-refractivity contribution is 7.90. The zero-order valence-corrected chi connectivity index (χ0v) is 16.5. The fraction of sp³-hybridized carbons (Fsp3) is 0.158. The van der Waals surface area contributed by atoms with Crippen LogP contribution >= 0.6 is 11.3 Å². The summed E-state index contributed by atoms with van der Waals surface area (Å²) < 4.78 is 34.4. The topological polar surface area (TPSA) is 94.6 Å². The minimum absolute atomic E-state index is 0.0938. The Bertz CT molecular complexity index is 1150. The molecule has 1 aromatic heterocycles. The van der Waals surface area contributed by atoms with Gasteiger partial charge in [0.15, 0.2) is 26.5 Å². The molecule has 0 bridgehead atoms. The predicted octanol–water partition coefficient (Wildman–Crippen LogP) is 3.24. The summed E-state index contributed by atoms with van der Waals surface area (Å²) in [5.41, 5.74) is 1.79. The van der Waals surface area contributed by atoms with Gasteiger partial charge in [0.25, 0.3) is 5.91 Å². The standard InChI is InChI=1S/C19H16N2O5S2/c1-28(23,24)14-4-2-3-13(9-14)18(22)21-19-20-15(11-27-19)12-5-6-16-17(10-12)26-8-7-25-16/h2-6,9-11H,7-8H2,1H3,(H,20,21,22). The lowest BCUT2D eigenvalue weighted by Crippen LogP contribution is -2.15. The summed E-state index contributed by atoms with van der Waals surface area (Å²) in [5, 5.41) is 4.95. The van der Waals surface area contributed by atoms with Crippen molar-refractivity contribution in [1.82, 2.24) is 4.98 Å². The van der Waals surface area contributed by atoms with Crippen LogP contribution in [0.4, 0.5) is 5.13 Å². The van der Waals surface area contributed by atoms with Crippen molar-refractivity contribution < 1.29 is 22.7 Å². The summed E-state index contributed by atoms with van der Waals surface area (Å²) in [5.74, 6) is 0.943. The highest BCUT2D eigenvalue weighted by atomic mass is 32.2. The maximum atomic E-state index is 12.5. The van der Waals surface area contributed by atoms with Crippen LogP contribution in [0.3, 0.4) is 0 Å². The Hall–Kier alpha value is -2.91. The minimum atomic E-state index is -3.39. The first-order chi connectivity index (χ1) is 13.4. The molecule has 2 heterocycles. The number of amides is 1. The molecular weight excluding hydrogens is 400 g/mol. The van der Waals surface area contributed by atoms with Crippen LogP contribution < -0.4 is 14.8 Å². The van der Waals surface area contributed by atoms with Crippen molar-refractivity contribution in [1.29, 1.82) is 0 Å². The Morgan fingerprint density at radius 3 is 2.68 bits per heavy atom. The zero-order chi connectivity index (χ0) is 19.7. The average Bonchev–Trinajstić information content (AvgIpc) is 3.15. The van der Waals surface area contributed by atoms with E-state index < -0.39 is 15.7 Å². The maximum Gasteiger partial charge on any atom is 0.257 e. The van der Waals surface area contributed by atoms with Crippen molar-refractivity contribution >= 4 is 32.2 Å². The Balaban J connectivity index is 1.53. The molecule has 1 aliphatic rings. The maximum absolute atomic E-state index is 12.5. The number of ether oxygens (including phenoxy) is 2. The lowest BCUT2D eigenvalue weighted by atomic mass is 10.1. The van der Waals surface area contributed by atoms with Gasteiger partial charge in [0.05, 0.1) is 10.6 Å². The fourth-order valence-electron chi connectivity index (χ4n) is 2.70. The molecular formula is C19H16N2O5S2. The van der Waals surface area contributed by atoms with E-state index in [1.54, 1.807) is 6.07 Å². The summed E-state index contributed by atoms with van der Waals surface area (Å²) in [7, 11) is -3.39. The SMILES string of the molecule is CS(=O)(=O)c1cccc(C(=O)Nc2nc(-c3ccc4c(c3)OCCO4)cs2)c1. The highest BCUT2D eigenvalue weighted by Gasteiger charge is 2.16. The number of nitrogens with one attached hydrogen (secondary N) is 1. The molecule has 2 aromatic carbocycles. The van der Waals surface area contributed by atoms with Gasteiger partial charge in [-0.3, -0.25) is 10.1 Å². The molecule has 7 nitrogen and oxygen atoms in total. The molecule has 0 radical (unpaired) electrons. The van der Waals surface area contributed by atoms with Crippen LogP contribution in [0.1, 0.15) is 10.4 Å². The van der Waals surface area contributed by atoms with Crippen molar-refractivity contribution in [2.24, 2.45) is 0 Å². The molecule has 0 atom stereocenters. The van der Waals surface area contributed by atoms with Gasteiger partial charge in [0.1, 0.15) is 13.2 Å². The van der Waals surface area contributed by atoms with Crippen molar-refractivity contribution in [3.05, 3.63) is 53.4 Å². The molecule has 3 aromatic rings. The van der Waals surface area contributed by atoms with Crippen molar-refractivity contribution in [2.45, 2.75) is 4.90 Å². The third kappa shape index (κ3) is 3.85. The van der Waals surface area contributed by atoms with Gasteiger partial charge in [-0.05, 0) is 36.4 Å². The van der Waals surface area contributed by atoms with Gasteiger partial charge in [-0.15, -0.1) is 11.3 Å². The number of hydrogen-bond acceptors (Lipinski definition) is 7. The number of fused-ring (bicyclic) bond motifs is 1. The molecule has 0 unspecified atom stereocenters. The second-order valence-electron chi connectivity index (χ2n) is 6.15. The molecule has 0 spiro atoms. The first-order valence-corrected chi connectivity index (χ1v) is 11.1. The van der Waals surface area contributed by atoms with Gasteiger partial charge in [-0.1, -0.05) is 6.07 Å². The number of hydrogen-bond donors (Lipinski definition) is 1. The quantitative estimate of drug-likeness (QED) is 0.702. The molecule has 9 heteroatoms. The minimum Gasteiger partial charge on any atom is -0.486 e. The second kappa shape index (κ2) is 7.25. The van der Waals surface area contributed by atoms with Crippen molar-refractivity contribution in [3.8, 4) is 22.8 Å². The highest BCUT2D eigenvalue weighted by Crippen LogP contribution is 2.35. The van der Waals surface area contributed by atoms with Crippen LogP contribution in [0.5, 0.6) is 11.5 Å². The Kier molecular flexibility index (Phi) is 4.78. The second-order valence-corrected chi connectivity index (χ2v) is 9.02. The van der Waals surface area contributed by atoms with Crippen LogP contribution in [0.2, 0.25) is 0 Å². The third-order valence-corrected chi connectivity index (χ3v) is 5.95. The van der Waals surface area contributed by atoms with Crippen molar-refractivity contribution in [2.75, 3.05) is 24.8 Å². The number of rotatable bonds is 4. The zero-order valence-electron chi connectivity index (χ0n) is 14.8. The molecule has 28 heavy (non-hydrogen) atoms. The monoisotopic (exact) mass is 416 g/mol. The molecule has 4 rings (SSSR count). The van der Waals surface area contributed by atoms with Crippen LogP contribution in [0, 0.1) is 0 Å². The summed E-state index contributed by atoms with van der Waals surface area (Å²) >= 11 is 1.28. The molecule has 0 aliphatic carbocycles. The number of sulfone groups is 1. The van der Waals surface area contributed by atoms with Gasteiger partial charge in [-0.25, -0.2) is 13.4 Å². The smallest absolute Gasteiger partial charge is 0.257 e. The van der Waals surface area contributed by atoms with Crippen LogP contribution in [-0.2, 0) is 9.84 Å². The number of anilines is 1. The Morgan fingerprint density at radius 2 is 1.89 bits per heavy atom. The van der Waals surface area contributed by atoms with Crippen molar-refractivity contribution in [3.63, 3.8) is 0 Å². The van der Waals surface area contributed by atoms with E-state index in [9.17, 15) is 13.2 Å². The van der Waals surface area contributed by atoms with E-state index in [0.29, 0.717) is 35.5 Å². The molecule has 1 amide bonds. The normalized spacial score (nSPS) is 13.2. The number of thiazole rings is 1. The molecule has 1 aliphatic heterocycles.